The van der Waals surface area contributed by atoms with Crippen molar-refractivity contribution in [3.63, 3.8) is 0 Å². The third-order valence-corrected chi connectivity index (χ3v) is 7.65. The van der Waals surface area contributed by atoms with Gasteiger partial charge in [0.15, 0.2) is 0 Å². The molecule has 7 nitrogen and oxygen atoms in total. The molecule has 0 fully saturated rings. The Hall–Kier alpha value is -3.38. The lowest BCUT2D eigenvalue weighted by Crippen LogP contribution is -2.26. The van der Waals surface area contributed by atoms with Crippen LogP contribution in [0.25, 0.3) is 22.2 Å². The molecule has 0 aliphatic carbocycles. The van der Waals surface area contributed by atoms with Gasteiger partial charge >= 0.3 is 6.18 Å². The van der Waals surface area contributed by atoms with Crippen molar-refractivity contribution in [3.05, 3.63) is 65.5 Å². The molecule has 0 aliphatic rings. The van der Waals surface area contributed by atoms with Crippen LogP contribution in [0.3, 0.4) is 0 Å². The van der Waals surface area contributed by atoms with E-state index in [9.17, 15) is 21.6 Å². The largest absolute Gasteiger partial charge is 0.497 e. The molecule has 0 unspecified atom stereocenters. The smallest absolute Gasteiger partial charge is 0.416 e. The van der Waals surface area contributed by atoms with E-state index in [1.165, 1.54) is 32.4 Å². The van der Waals surface area contributed by atoms with E-state index < -0.39 is 21.8 Å². The van der Waals surface area contributed by atoms with Crippen LogP contribution in [0.2, 0.25) is 0 Å². The van der Waals surface area contributed by atoms with E-state index in [4.69, 9.17) is 9.26 Å². The van der Waals surface area contributed by atoms with Crippen LogP contribution >= 0.6 is 11.3 Å². The van der Waals surface area contributed by atoms with Gasteiger partial charge in [-0.15, -0.1) is 11.3 Å². The first kappa shape index (κ1) is 22.8. The minimum absolute atomic E-state index is 0.0339. The first-order chi connectivity index (χ1) is 15.6. The summed E-state index contributed by atoms with van der Waals surface area (Å²) in [5.41, 5.74) is -0.0820. The Bertz CT molecular complexity index is 1360. The first-order valence-electron chi connectivity index (χ1n) is 9.33. The van der Waals surface area contributed by atoms with Gasteiger partial charge in [0.1, 0.15) is 15.5 Å². The van der Waals surface area contributed by atoms with Crippen LogP contribution in [-0.4, -0.2) is 32.7 Å². The number of thiophene rings is 1. The number of hydrogen-bond donors (Lipinski definition) is 0. The van der Waals surface area contributed by atoms with Gasteiger partial charge in [-0.1, -0.05) is 17.3 Å². The molecular formula is C21H16F3N3O4S2. The summed E-state index contributed by atoms with van der Waals surface area (Å²) >= 11 is 1.09. The molecule has 4 aromatic rings. The number of ether oxygens (including phenoxy) is 1. The van der Waals surface area contributed by atoms with E-state index in [1.54, 1.807) is 29.6 Å². The molecule has 0 amide bonds. The summed E-state index contributed by atoms with van der Waals surface area (Å²) in [6, 6.07) is 12.2. The van der Waals surface area contributed by atoms with E-state index in [2.05, 4.69) is 10.1 Å². The first-order valence-corrected chi connectivity index (χ1v) is 11.7. The maximum Gasteiger partial charge on any atom is 0.416 e. The zero-order chi connectivity index (χ0) is 23.8. The standard InChI is InChI=1S/C21H16F3N3O4S2/c1-27(15-7-9-16(30-2)10-8-15)33(28,29)17-11-12-32-18(17)20-25-19(26-31-20)13-3-5-14(6-4-13)21(22,23)24/h3-12H,1-2H3. The Morgan fingerprint density at radius 2 is 1.70 bits per heavy atom. The number of hydrogen-bond acceptors (Lipinski definition) is 7. The maximum absolute atomic E-state index is 13.3. The van der Waals surface area contributed by atoms with Crippen molar-refractivity contribution >= 4 is 27.0 Å². The van der Waals surface area contributed by atoms with Gasteiger partial charge in [-0.05, 0) is 47.8 Å². The zero-order valence-corrected chi connectivity index (χ0v) is 18.8. The molecule has 0 radical (unpaired) electrons. The molecule has 2 heterocycles. The topological polar surface area (TPSA) is 85.5 Å². The molecule has 33 heavy (non-hydrogen) atoms. The summed E-state index contributed by atoms with van der Waals surface area (Å²) in [6.45, 7) is 0. The molecule has 0 saturated carbocycles. The Balaban J connectivity index is 1.64. The Labute approximate surface area is 191 Å². The fourth-order valence-electron chi connectivity index (χ4n) is 2.98. The Kier molecular flexibility index (Phi) is 5.89. The van der Waals surface area contributed by atoms with Crippen LogP contribution in [0.1, 0.15) is 5.56 Å². The van der Waals surface area contributed by atoms with E-state index in [-0.39, 0.29) is 21.5 Å². The number of methoxy groups -OCH3 is 1. The summed E-state index contributed by atoms with van der Waals surface area (Å²) in [6.07, 6.45) is -4.46. The van der Waals surface area contributed by atoms with Gasteiger partial charge in [0.2, 0.25) is 5.82 Å². The second-order valence-electron chi connectivity index (χ2n) is 6.78. The van der Waals surface area contributed by atoms with Crippen molar-refractivity contribution in [1.29, 1.82) is 0 Å². The number of anilines is 1. The number of halogens is 3. The maximum atomic E-state index is 13.3. The summed E-state index contributed by atoms with van der Waals surface area (Å²) in [7, 11) is -1.05. The van der Waals surface area contributed by atoms with Crippen molar-refractivity contribution in [2.24, 2.45) is 0 Å². The highest BCUT2D eigenvalue weighted by atomic mass is 32.2. The molecule has 0 spiro atoms. The van der Waals surface area contributed by atoms with Gasteiger partial charge in [0, 0.05) is 12.6 Å². The summed E-state index contributed by atoms with van der Waals surface area (Å²) in [4.78, 5) is 4.38. The molecule has 0 atom stereocenters. The number of alkyl halides is 3. The molecule has 0 saturated heterocycles. The molecule has 172 valence electrons. The van der Waals surface area contributed by atoms with Crippen molar-refractivity contribution in [2.75, 3.05) is 18.5 Å². The van der Waals surface area contributed by atoms with Crippen molar-refractivity contribution in [1.82, 2.24) is 10.1 Å². The lowest BCUT2D eigenvalue weighted by molar-refractivity contribution is -0.137. The van der Waals surface area contributed by atoms with Gasteiger partial charge in [-0.25, -0.2) is 8.42 Å². The average Bonchev–Trinajstić information content (AvgIpc) is 3.48. The molecule has 0 bridgehead atoms. The van der Waals surface area contributed by atoms with Crippen LogP contribution in [0, 0.1) is 0 Å². The molecule has 0 aliphatic heterocycles. The number of sulfonamides is 1. The molecule has 12 heteroatoms. The minimum atomic E-state index is -4.46. The van der Waals surface area contributed by atoms with E-state index in [0.29, 0.717) is 17.0 Å². The third-order valence-electron chi connectivity index (χ3n) is 4.79. The van der Waals surface area contributed by atoms with Crippen LogP contribution in [0.5, 0.6) is 5.75 Å². The fraction of sp³-hybridized carbons (Fsp3) is 0.143. The second-order valence-corrected chi connectivity index (χ2v) is 9.64. The fourth-order valence-corrected chi connectivity index (χ4v) is 5.49. The minimum Gasteiger partial charge on any atom is -0.497 e. The summed E-state index contributed by atoms with van der Waals surface area (Å²) in [5.74, 6) is 0.572. The monoisotopic (exact) mass is 495 g/mol. The number of nitrogens with zero attached hydrogens (tertiary/aromatic N) is 3. The predicted octanol–water partition coefficient (Wildman–Crippen LogP) is 5.32. The number of benzene rings is 2. The normalized spacial score (nSPS) is 12.0. The molecular weight excluding hydrogens is 479 g/mol. The molecule has 2 aromatic carbocycles. The van der Waals surface area contributed by atoms with Gasteiger partial charge in [-0.3, -0.25) is 4.31 Å². The Morgan fingerprint density at radius 1 is 1.03 bits per heavy atom. The molecule has 2 aromatic heterocycles. The molecule has 4 rings (SSSR count). The van der Waals surface area contributed by atoms with Crippen molar-refractivity contribution in [2.45, 2.75) is 11.1 Å². The number of aromatic nitrogens is 2. The zero-order valence-electron chi connectivity index (χ0n) is 17.2. The van der Waals surface area contributed by atoms with E-state index >= 15 is 0 Å². The van der Waals surface area contributed by atoms with Gasteiger partial charge in [0.25, 0.3) is 15.9 Å². The summed E-state index contributed by atoms with van der Waals surface area (Å²) < 4.78 is 76.3. The van der Waals surface area contributed by atoms with Crippen LogP contribution in [0.4, 0.5) is 18.9 Å². The van der Waals surface area contributed by atoms with Crippen LogP contribution < -0.4 is 9.04 Å². The SMILES string of the molecule is COc1ccc(N(C)S(=O)(=O)c2ccsc2-c2nc(-c3ccc(C(F)(F)F)cc3)no2)cc1. The van der Waals surface area contributed by atoms with E-state index in [0.717, 1.165) is 27.8 Å². The lowest BCUT2D eigenvalue weighted by atomic mass is 10.1. The van der Waals surface area contributed by atoms with Crippen LogP contribution in [-0.2, 0) is 16.2 Å². The van der Waals surface area contributed by atoms with Gasteiger partial charge in [-0.2, -0.15) is 18.2 Å². The molecule has 0 N–H and O–H groups in total. The highest BCUT2D eigenvalue weighted by Crippen LogP contribution is 2.36. The average molecular weight is 496 g/mol. The number of rotatable bonds is 6. The quantitative estimate of drug-likeness (QED) is 0.360. The predicted molar refractivity (Wildman–Crippen MR) is 117 cm³/mol. The van der Waals surface area contributed by atoms with E-state index in [1.807, 2.05) is 0 Å². The highest BCUT2D eigenvalue weighted by molar-refractivity contribution is 7.93. The van der Waals surface area contributed by atoms with Gasteiger partial charge in [0.05, 0.1) is 18.4 Å². The lowest BCUT2D eigenvalue weighted by Gasteiger charge is -2.19. The summed E-state index contributed by atoms with van der Waals surface area (Å²) in [5, 5.41) is 5.37. The Morgan fingerprint density at radius 3 is 2.30 bits per heavy atom. The second kappa shape index (κ2) is 8.52. The highest BCUT2D eigenvalue weighted by Gasteiger charge is 2.31. The van der Waals surface area contributed by atoms with Crippen molar-refractivity contribution in [3.8, 4) is 27.9 Å². The van der Waals surface area contributed by atoms with Gasteiger partial charge < -0.3 is 9.26 Å². The third kappa shape index (κ3) is 4.44. The van der Waals surface area contributed by atoms with Crippen LogP contribution in [0.15, 0.2) is 69.4 Å². The van der Waals surface area contributed by atoms with Crippen molar-refractivity contribution < 1.29 is 30.8 Å².